The van der Waals surface area contributed by atoms with Crippen LogP contribution in [-0.2, 0) is 0 Å². The van der Waals surface area contributed by atoms with Crippen molar-refractivity contribution in [1.29, 1.82) is 0 Å². The molecule has 2 N–H and O–H groups in total. The van der Waals surface area contributed by atoms with Crippen LogP contribution in [0.25, 0.3) is 0 Å². The number of hydrogen-bond donors (Lipinski definition) is 2. The summed E-state index contributed by atoms with van der Waals surface area (Å²) in [6.45, 7) is 5.09. The highest BCUT2D eigenvalue weighted by atomic mass is 16.3. The van der Waals surface area contributed by atoms with E-state index in [0.29, 0.717) is 0 Å². The van der Waals surface area contributed by atoms with Gasteiger partial charge in [0.15, 0.2) is 0 Å². The Balaban J connectivity index is 2.39. The highest BCUT2D eigenvalue weighted by Gasteiger charge is 2.18. The van der Waals surface area contributed by atoms with Crippen molar-refractivity contribution in [2.45, 2.75) is 45.3 Å². The van der Waals surface area contributed by atoms with Gasteiger partial charge in [-0.2, -0.15) is 0 Å². The molecule has 0 aliphatic carbocycles. The standard InChI is InChI=1S/C10H19NO/c1-8(2)7-10(12)9-5-3-4-6-11-9/h7,9-12H,3-6H2,1-2H3. The van der Waals surface area contributed by atoms with E-state index in [2.05, 4.69) is 5.32 Å². The minimum atomic E-state index is -0.296. The lowest BCUT2D eigenvalue weighted by atomic mass is 9.99. The average molecular weight is 169 g/mol. The summed E-state index contributed by atoms with van der Waals surface area (Å²) < 4.78 is 0. The van der Waals surface area contributed by atoms with Crippen LogP contribution < -0.4 is 5.32 Å². The van der Waals surface area contributed by atoms with E-state index in [4.69, 9.17) is 0 Å². The molecule has 0 saturated carbocycles. The molecule has 12 heavy (non-hydrogen) atoms. The lowest BCUT2D eigenvalue weighted by Gasteiger charge is -2.26. The van der Waals surface area contributed by atoms with Gasteiger partial charge in [-0.25, -0.2) is 0 Å². The third-order valence-electron chi connectivity index (χ3n) is 2.26. The van der Waals surface area contributed by atoms with Crippen molar-refractivity contribution in [1.82, 2.24) is 5.32 Å². The Morgan fingerprint density at radius 3 is 2.75 bits per heavy atom. The summed E-state index contributed by atoms with van der Waals surface area (Å²) in [6, 6.07) is 0.286. The Morgan fingerprint density at radius 2 is 2.25 bits per heavy atom. The SMILES string of the molecule is CC(C)=CC(O)C1CCCCN1. The molecule has 1 aliphatic rings. The van der Waals surface area contributed by atoms with Gasteiger partial charge in [0.2, 0.25) is 0 Å². The van der Waals surface area contributed by atoms with Crippen LogP contribution in [0.1, 0.15) is 33.1 Å². The maximum Gasteiger partial charge on any atom is 0.0876 e. The molecule has 1 aliphatic heterocycles. The largest absolute Gasteiger partial charge is 0.387 e. The van der Waals surface area contributed by atoms with E-state index in [-0.39, 0.29) is 12.1 Å². The van der Waals surface area contributed by atoms with Crippen molar-refractivity contribution in [3.05, 3.63) is 11.6 Å². The zero-order valence-corrected chi connectivity index (χ0v) is 8.01. The van der Waals surface area contributed by atoms with Crippen molar-refractivity contribution >= 4 is 0 Å². The zero-order valence-electron chi connectivity index (χ0n) is 8.01. The number of aliphatic hydroxyl groups excluding tert-OH is 1. The van der Waals surface area contributed by atoms with Gasteiger partial charge in [-0.15, -0.1) is 0 Å². The van der Waals surface area contributed by atoms with E-state index >= 15 is 0 Å². The van der Waals surface area contributed by atoms with Gasteiger partial charge in [0, 0.05) is 6.04 Å². The number of allylic oxidation sites excluding steroid dienone is 1. The molecule has 1 rings (SSSR count). The monoisotopic (exact) mass is 169 g/mol. The molecule has 0 bridgehead atoms. The molecule has 1 heterocycles. The fourth-order valence-corrected chi connectivity index (χ4v) is 1.63. The maximum absolute atomic E-state index is 9.71. The van der Waals surface area contributed by atoms with Gasteiger partial charge in [-0.05, 0) is 33.2 Å². The van der Waals surface area contributed by atoms with Gasteiger partial charge < -0.3 is 10.4 Å². The maximum atomic E-state index is 9.71. The number of aliphatic hydroxyl groups is 1. The van der Waals surface area contributed by atoms with Crippen LogP contribution in [0.4, 0.5) is 0 Å². The van der Waals surface area contributed by atoms with Crippen LogP contribution >= 0.6 is 0 Å². The average Bonchev–Trinajstić information content (AvgIpc) is 2.05. The van der Waals surface area contributed by atoms with E-state index in [9.17, 15) is 5.11 Å². The van der Waals surface area contributed by atoms with E-state index in [1.54, 1.807) is 0 Å². The van der Waals surface area contributed by atoms with Crippen molar-refractivity contribution in [2.75, 3.05) is 6.54 Å². The molecule has 0 radical (unpaired) electrons. The highest BCUT2D eigenvalue weighted by Crippen LogP contribution is 2.12. The van der Waals surface area contributed by atoms with Gasteiger partial charge in [0.1, 0.15) is 0 Å². The molecule has 0 aromatic carbocycles. The third-order valence-corrected chi connectivity index (χ3v) is 2.26. The van der Waals surface area contributed by atoms with Crippen LogP contribution in [0.2, 0.25) is 0 Å². The molecule has 1 saturated heterocycles. The van der Waals surface area contributed by atoms with Gasteiger partial charge in [0.25, 0.3) is 0 Å². The summed E-state index contributed by atoms with van der Waals surface area (Å²) in [5, 5.41) is 13.0. The molecular formula is C10H19NO. The lowest BCUT2D eigenvalue weighted by Crippen LogP contribution is -2.42. The summed E-state index contributed by atoms with van der Waals surface area (Å²) in [7, 11) is 0. The van der Waals surface area contributed by atoms with Crippen LogP contribution in [0.3, 0.4) is 0 Å². The van der Waals surface area contributed by atoms with Gasteiger partial charge >= 0.3 is 0 Å². The second-order valence-corrected chi connectivity index (χ2v) is 3.79. The van der Waals surface area contributed by atoms with E-state index in [1.807, 2.05) is 19.9 Å². The molecule has 0 aromatic rings. The summed E-state index contributed by atoms with van der Waals surface area (Å²) in [5.74, 6) is 0. The topological polar surface area (TPSA) is 32.3 Å². The van der Waals surface area contributed by atoms with Crippen molar-refractivity contribution in [3.63, 3.8) is 0 Å². The normalized spacial score (nSPS) is 26.4. The van der Waals surface area contributed by atoms with Crippen molar-refractivity contribution < 1.29 is 5.11 Å². The predicted octanol–water partition coefficient (Wildman–Crippen LogP) is 1.46. The molecule has 0 spiro atoms. The Kier molecular flexibility index (Phi) is 3.76. The number of hydrogen-bond acceptors (Lipinski definition) is 2. The summed E-state index contributed by atoms with van der Waals surface area (Å²) in [6.07, 6.45) is 5.23. The van der Waals surface area contributed by atoms with Crippen LogP contribution in [0, 0.1) is 0 Å². The van der Waals surface area contributed by atoms with Crippen LogP contribution in [-0.4, -0.2) is 23.8 Å². The Labute approximate surface area is 74.7 Å². The number of nitrogens with one attached hydrogen (secondary N) is 1. The summed E-state index contributed by atoms with van der Waals surface area (Å²) in [5.41, 5.74) is 1.19. The first kappa shape index (κ1) is 9.75. The highest BCUT2D eigenvalue weighted by molar-refractivity contribution is 5.02. The first-order chi connectivity index (χ1) is 5.70. The molecule has 70 valence electrons. The van der Waals surface area contributed by atoms with E-state index in [1.165, 1.54) is 18.4 Å². The lowest BCUT2D eigenvalue weighted by molar-refractivity contribution is 0.153. The Hall–Kier alpha value is -0.340. The molecule has 0 amide bonds. The quantitative estimate of drug-likeness (QED) is 0.613. The first-order valence-corrected chi connectivity index (χ1v) is 4.76. The van der Waals surface area contributed by atoms with Gasteiger partial charge in [-0.3, -0.25) is 0 Å². The fraction of sp³-hybridized carbons (Fsp3) is 0.800. The van der Waals surface area contributed by atoms with Crippen LogP contribution in [0.5, 0.6) is 0 Å². The van der Waals surface area contributed by atoms with E-state index in [0.717, 1.165) is 13.0 Å². The molecule has 2 unspecified atom stereocenters. The van der Waals surface area contributed by atoms with Gasteiger partial charge in [0.05, 0.1) is 6.10 Å². The number of rotatable bonds is 2. The van der Waals surface area contributed by atoms with Gasteiger partial charge in [-0.1, -0.05) is 18.1 Å². The Morgan fingerprint density at radius 1 is 1.50 bits per heavy atom. The predicted molar refractivity (Wildman–Crippen MR) is 51.1 cm³/mol. The van der Waals surface area contributed by atoms with Crippen LogP contribution in [0.15, 0.2) is 11.6 Å². The van der Waals surface area contributed by atoms with E-state index < -0.39 is 0 Å². The Bertz CT molecular complexity index is 155. The molecule has 0 aromatic heterocycles. The molecule has 2 nitrogen and oxygen atoms in total. The third kappa shape index (κ3) is 2.95. The zero-order chi connectivity index (χ0) is 8.97. The fourth-order valence-electron chi connectivity index (χ4n) is 1.63. The molecular weight excluding hydrogens is 150 g/mol. The molecule has 2 atom stereocenters. The minimum Gasteiger partial charge on any atom is -0.387 e. The van der Waals surface area contributed by atoms with Crippen molar-refractivity contribution in [3.8, 4) is 0 Å². The summed E-state index contributed by atoms with van der Waals surface area (Å²) in [4.78, 5) is 0. The smallest absolute Gasteiger partial charge is 0.0876 e. The minimum absolute atomic E-state index is 0.286. The van der Waals surface area contributed by atoms with Crippen molar-refractivity contribution in [2.24, 2.45) is 0 Å². The molecule has 2 heteroatoms. The first-order valence-electron chi connectivity index (χ1n) is 4.76. The summed E-state index contributed by atoms with van der Waals surface area (Å²) >= 11 is 0. The second-order valence-electron chi connectivity index (χ2n) is 3.79. The molecule has 1 fully saturated rings. The number of piperidine rings is 1. The second kappa shape index (κ2) is 4.63.